The molecule has 1 rings (SSSR count). The average molecular weight is 246 g/mol. The molecular weight excluding hydrogens is 220 g/mol. The monoisotopic (exact) mass is 246 g/mol. The summed E-state index contributed by atoms with van der Waals surface area (Å²) in [4.78, 5) is 2.23. The van der Waals surface area contributed by atoms with Gasteiger partial charge in [-0.15, -0.1) is 0 Å². The maximum absolute atomic E-state index is 9.36. The number of nitrogens with zero attached hydrogens (tertiary/aromatic N) is 1. The minimum absolute atomic E-state index is 0.140. The van der Waals surface area contributed by atoms with Crippen LogP contribution < -0.4 is 5.32 Å². The first kappa shape index (κ1) is 14.9. The van der Waals surface area contributed by atoms with Gasteiger partial charge in [0.05, 0.1) is 19.3 Å². The van der Waals surface area contributed by atoms with E-state index in [1.54, 1.807) is 7.11 Å². The molecule has 1 atom stereocenters. The first-order chi connectivity index (χ1) is 8.26. The minimum atomic E-state index is -0.591. The third-order valence-electron chi connectivity index (χ3n) is 3.30. The van der Waals surface area contributed by atoms with E-state index in [-0.39, 0.29) is 6.61 Å². The van der Waals surface area contributed by atoms with Gasteiger partial charge in [0.15, 0.2) is 0 Å². The molecule has 17 heavy (non-hydrogen) atoms. The molecule has 0 saturated carbocycles. The van der Waals surface area contributed by atoms with Gasteiger partial charge < -0.3 is 25.2 Å². The second-order valence-corrected chi connectivity index (χ2v) is 4.78. The molecule has 0 aliphatic carbocycles. The van der Waals surface area contributed by atoms with E-state index in [0.717, 1.165) is 51.5 Å². The van der Waals surface area contributed by atoms with E-state index in [1.165, 1.54) is 0 Å². The Morgan fingerprint density at radius 3 is 2.71 bits per heavy atom. The molecule has 0 spiro atoms. The van der Waals surface area contributed by atoms with Crippen molar-refractivity contribution < 1.29 is 14.9 Å². The predicted octanol–water partition coefficient (Wildman–Crippen LogP) is -0.712. The SMILES string of the molecule is COCCNCC1CCN(CC(O)CO)CC1. The number of rotatable bonds is 8. The molecule has 5 heteroatoms. The summed E-state index contributed by atoms with van der Waals surface area (Å²) >= 11 is 0. The van der Waals surface area contributed by atoms with E-state index in [1.807, 2.05) is 0 Å². The van der Waals surface area contributed by atoms with E-state index in [0.29, 0.717) is 6.54 Å². The van der Waals surface area contributed by atoms with Gasteiger partial charge in [0.1, 0.15) is 0 Å². The molecule has 1 aliphatic rings. The summed E-state index contributed by atoms with van der Waals surface area (Å²) in [7, 11) is 1.71. The number of ether oxygens (including phenoxy) is 1. The smallest absolute Gasteiger partial charge is 0.0897 e. The van der Waals surface area contributed by atoms with Crippen LogP contribution >= 0.6 is 0 Å². The molecule has 0 radical (unpaired) electrons. The lowest BCUT2D eigenvalue weighted by molar-refractivity contribution is 0.0473. The molecule has 1 fully saturated rings. The number of likely N-dealkylation sites (tertiary alicyclic amines) is 1. The van der Waals surface area contributed by atoms with Crippen LogP contribution in [0.15, 0.2) is 0 Å². The fourth-order valence-electron chi connectivity index (χ4n) is 2.21. The Morgan fingerprint density at radius 1 is 1.41 bits per heavy atom. The topological polar surface area (TPSA) is 65.0 Å². The van der Waals surface area contributed by atoms with Gasteiger partial charge in [-0.25, -0.2) is 0 Å². The molecule has 1 saturated heterocycles. The third kappa shape index (κ3) is 6.33. The van der Waals surface area contributed by atoms with Crippen LogP contribution in [0.25, 0.3) is 0 Å². The Morgan fingerprint density at radius 2 is 2.12 bits per heavy atom. The van der Waals surface area contributed by atoms with Crippen molar-refractivity contribution >= 4 is 0 Å². The molecule has 0 bridgehead atoms. The summed E-state index contributed by atoms with van der Waals surface area (Å²) in [5.74, 6) is 0.731. The number of hydrogen-bond acceptors (Lipinski definition) is 5. The van der Waals surface area contributed by atoms with Gasteiger partial charge in [0.25, 0.3) is 0 Å². The van der Waals surface area contributed by atoms with Gasteiger partial charge >= 0.3 is 0 Å². The lowest BCUT2D eigenvalue weighted by Gasteiger charge is -2.33. The Hall–Kier alpha value is -0.200. The average Bonchev–Trinajstić information content (AvgIpc) is 2.36. The quantitative estimate of drug-likeness (QED) is 0.494. The predicted molar refractivity (Wildman–Crippen MR) is 67.0 cm³/mol. The number of piperidine rings is 1. The highest BCUT2D eigenvalue weighted by molar-refractivity contribution is 4.75. The van der Waals surface area contributed by atoms with Crippen LogP contribution in [0.1, 0.15) is 12.8 Å². The van der Waals surface area contributed by atoms with E-state index in [4.69, 9.17) is 9.84 Å². The van der Waals surface area contributed by atoms with Gasteiger partial charge in [0.2, 0.25) is 0 Å². The fourth-order valence-corrected chi connectivity index (χ4v) is 2.21. The maximum Gasteiger partial charge on any atom is 0.0897 e. The number of hydrogen-bond donors (Lipinski definition) is 3. The van der Waals surface area contributed by atoms with Crippen molar-refractivity contribution in [3.63, 3.8) is 0 Å². The number of aliphatic hydroxyl groups is 2. The molecule has 1 heterocycles. The van der Waals surface area contributed by atoms with Crippen LogP contribution in [-0.2, 0) is 4.74 Å². The second-order valence-electron chi connectivity index (χ2n) is 4.78. The molecule has 3 N–H and O–H groups in total. The third-order valence-corrected chi connectivity index (χ3v) is 3.30. The zero-order valence-corrected chi connectivity index (χ0v) is 10.8. The summed E-state index contributed by atoms with van der Waals surface area (Å²) in [6.07, 6.45) is 1.74. The van der Waals surface area contributed by atoms with Crippen molar-refractivity contribution in [2.45, 2.75) is 18.9 Å². The van der Waals surface area contributed by atoms with Crippen molar-refractivity contribution in [3.8, 4) is 0 Å². The molecule has 0 aromatic rings. The summed E-state index contributed by atoms with van der Waals surface area (Å²) in [5.41, 5.74) is 0. The highest BCUT2D eigenvalue weighted by Gasteiger charge is 2.20. The van der Waals surface area contributed by atoms with Gasteiger partial charge in [-0.3, -0.25) is 0 Å². The first-order valence-corrected chi connectivity index (χ1v) is 6.47. The Balaban J connectivity index is 2.05. The maximum atomic E-state index is 9.36. The second kappa shape index (κ2) is 8.83. The summed E-state index contributed by atoms with van der Waals surface area (Å²) in [6, 6.07) is 0. The van der Waals surface area contributed by atoms with Crippen LogP contribution in [0, 0.1) is 5.92 Å². The highest BCUT2D eigenvalue weighted by atomic mass is 16.5. The summed E-state index contributed by atoms with van der Waals surface area (Å²) in [6.45, 7) is 5.24. The zero-order valence-electron chi connectivity index (χ0n) is 10.8. The molecule has 1 unspecified atom stereocenters. The highest BCUT2D eigenvalue weighted by Crippen LogP contribution is 2.16. The van der Waals surface area contributed by atoms with Gasteiger partial charge in [0, 0.05) is 20.2 Å². The van der Waals surface area contributed by atoms with Crippen molar-refractivity contribution in [2.24, 2.45) is 5.92 Å². The molecule has 0 aromatic carbocycles. The Labute approximate surface area is 104 Å². The largest absolute Gasteiger partial charge is 0.394 e. The van der Waals surface area contributed by atoms with E-state index in [2.05, 4.69) is 10.2 Å². The Bertz CT molecular complexity index is 185. The number of β-amino-alcohol motifs (C(OH)–C–C–N with tert-alkyl or cyclic N) is 1. The van der Waals surface area contributed by atoms with Crippen molar-refractivity contribution in [1.29, 1.82) is 0 Å². The zero-order chi connectivity index (χ0) is 12.5. The minimum Gasteiger partial charge on any atom is -0.394 e. The van der Waals surface area contributed by atoms with Crippen LogP contribution in [0.2, 0.25) is 0 Å². The van der Waals surface area contributed by atoms with Crippen molar-refractivity contribution in [3.05, 3.63) is 0 Å². The molecule has 0 aromatic heterocycles. The van der Waals surface area contributed by atoms with Crippen LogP contribution in [-0.4, -0.2) is 74.3 Å². The molecule has 0 amide bonds. The number of aliphatic hydroxyl groups excluding tert-OH is 2. The van der Waals surface area contributed by atoms with Gasteiger partial charge in [-0.1, -0.05) is 0 Å². The number of nitrogens with one attached hydrogen (secondary N) is 1. The van der Waals surface area contributed by atoms with E-state index in [9.17, 15) is 5.11 Å². The van der Waals surface area contributed by atoms with Crippen LogP contribution in [0.4, 0.5) is 0 Å². The van der Waals surface area contributed by atoms with Crippen molar-refractivity contribution in [2.75, 3.05) is 53.0 Å². The summed E-state index contributed by atoms with van der Waals surface area (Å²) < 4.78 is 4.98. The fraction of sp³-hybridized carbons (Fsp3) is 1.00. The van der Waals surface area contributed by atoms with Crippen LogP contribution in [0.3, 0.4) is 0 Å². The molecule has 102 valence electrons. The van der Waals surface area contributed by atoms with Crippen molar-refractivity contribution in [1.82, 2.24) is 10.2 Å². The Kier molecular flexibility index (Phi) is 7.72. The van der Waals surface area contributed by atoms with Gasteiger partial charge in [-0.2, -0.15) is 0 Å². The molecule has 1 aliphatic heterocycles. The van der Waals surface area contributed by atoms with Crippen LogP contribution in [0.5, 0.6) is 0 Å². The molecular formula is C12H26N2O3. The lowest BCUT2D eigenvalue weighted by atomic mass is 9.96. The lowest BCUT2D eigenvalue weighted by Crippen LogP contribution is -2.42. The van der Waals surface area contributed by atoms with Gasteiger partial charge in [-0.05, 0) is 38.4 Å². The summed E-state index contributed by atoms with van der Waals surface area (Å²) in [5, 5.41) is 21.5. The standard InChI is InChI=1S/C12H26N2O3/c1-17-7-4-13-8-11-2-5-14(6-3-11)9-12(16)10-15/h11-13,15-16H,2-10H2,1H3. The van der Waals surface area contributed by atoms with E-state index < -0.39 is 6.10 Å². The normalized spacial score (nSPS) is 20.6. The first-order valence-electron chi connectivity index (χ1n) is 6.47. The van der Waals surface area contributed by atoms with E-state index >= 15 is 0 Å². The number of methoxy groups -OCH3 is 1. The molecule has 5 nitrogen and oxygen atoms in total.